The largest absolute Gasteiger partial charge is 0.396 e. The molecule has 5 N–H and O–H groups in total. The van der Waals surface area contributed by atoms with E-state index in [2.05, 4.69) is 5.73 Å². The van der Waals surface area contributed by atoms with E-state index in [-0.39, 0.29) is 13.2 Å². The van der Waals surface area contributed by atoms with Crippen molar-refractivity contribution in [1.29, 1.82) is 0 Å². The lowest BCUT2D eigenvalue weighted by Crippen LogP contribution is -2.55. The molecule has 0 radical (unpaired) electrons. The number of aliphatic hydroxyl groups is 2. The molecule has 1 rings (SSSR count). The Hall–Kier alpha value is -0.120. The van der Waals surface area contributed by atoms with Gasteiger partial charge in [-0.3, -0.25) is 0 Å². The number of rotatable bonds is 3. The van der Waals surface area contributed by atoms with Crippen molar-refractivity contribution in [2.45, 2.75) is 19.3 Å². The summed E-state index contributed by atoms with van der Waals surface area (Å²) < 4.78 is 0. The highest BCUT2D eigenvalue weighted by Gasteiger charge is 2.28. The zero-order valence-electron chi connectivity index (χ0n) is 7.58. The maximum absolute atomic E-state index is 9.02. The second-order valence-electron chi connectivity index (χ2n) is 3.96. The number of aliphatic hydroxyl groups excluding tert-OH is 2. The molecule has 0 aliphatic heterocycles. The quantitative estimate of drug-likeness (QED) is 0.527. The molecular weight excluding hydrogens is 154 g/mol. The molecule has 1 fully saturated rings. The second-order valence-corrected chi connectivity index (χ2v) is 3.96. The van der Waals surface area contributed by atoms with Crippen molar-refractivity contribution in [3.63, 3.8) is 0 Å². The smallest absolute Gasteiger partial charge is 0.0768 e. The van der Waals surface area contributed by atoms with Gasteiger partial charge in [0, 0.05) is 19.1 Å². The summed E-state index contributed by atoms with van der Waals surface area (Å²) in [6.45, 7) is 1.48. The molecule has 3 nitrogen and oxygen atoms in total. The summed E-state index contributed by atoms with van der Waals surface area (Å²) in [5, 5.41) is 18.0. The fourth-order valence-corrected chi connectivity index (χ4v) is 2.24. The van der Waals surface area contributed by atoms with Gasteiger partial charge < -0.3 is 15.9 Å². The summed E-state index contributed by atoms with van der Waals surface area (Å²) in [6, 6.07) is 0. The van der Waals surface area contributed by atoms with Crippen LogP contribution in [-0.4, -0.2) is 30.0 Å². The monoisotopic (exact) mass is 174 g/mol. The Morgan fingerprint density at radius 3 is 1.67 bits per heavy atom. The summed E-state index contributed by atoms with van der Waals surface area (Å²) in [4.78, 5) is 0. The maximum atomic E-state index is 9.02. The number of hydrogen-bond donors (Lipinski definition) is 3. The molecule has 0 unspecified atom stereocenters. The van der Waals surface area contributed by atoms with Crippen molar-refractivity contribution in [3.05, 3.63) is 0 Å². The van der Waals surface area contributed by atoms with E-state index in [0.717, 1.165) is 25.8 Å². The molecule has 0 bridgehead atoms. The van der Waals surface area contributed by atoms with Crippen LogP contribution < -0.4 is 5.73 Å². The molecule has 1 aliphatic rings. The summed E-state index contributed by atoms with van der Waals surface area (Å²) in [5.74, 6) is 1.43. The van der Waals surface area contributed by atoms with Crippen LogP contribution in [0.15, 0.2) is 0 Å². The van der Waals surface area contributed by atoms with Crippen LogP contribution >= 0.6 is 0 Å². The maximum Gasteiger partial charge on any atom is 0.0768 e. The van der Waals surface area contributed by atoms with Crippen LogP contribution in [0.1, 0.15) is 19.3 Å². The first-order valence-electron chi connectivity index (χ1n) is 4.81. The van der Waals surface area contributed by atoms with Gasteiger partial charge in [0.05, 0.1) is 6.54 Å². The second kappa shape index (κ2) is 4.80. The Morgan fingerprint density at radius 1 is 0.917 bits per heavy atom. The standard InChI is InChI=1S/C9H19NO2/c10-4-7-1-8(5-11)3-9(2-7)6-12/h7-9,11-12H,1-6,10H2/p+1/t8-,9-/m0/s1. The fourth-order valence-electron chi connectivity index (χ4n) is 2.24. The van der Waals surface area contributed by atoms with E-state index in [0.29, 0.717) is 17.8 Å². The van der Waals surface area contributed by atoms with Gasteiger partial charge in [-0.15, -0.1) is 0 Å². The minimum atomic E-state index is 0.271. The molecule has 72 valence electrons. The predicted octanol–water partition coefficient (Wildman–Crippen LogP) is -0.755. The summed E-state index contributed by atoms with van der Waals surface area (Å²) in [6.07, 6.45) is 3.18. The molecule has 0 amide bonds. The Bertz CT molecular complexity index is 99.9. The van der Waals surface area contributed by atoms with Gasteiger partial charge in [0.2, 0.25) is 0 Å². The zero-order valence-corrected chi connectivity index (χ0v) is 7.58. The van der Waals surface area contributed by atoms with Crippen LogP contribution in [0.4, 0.5) is 0 Å². The van der Waals surface area contributed by atoms with Crippen molar-refractivity contribution >= 4 is 0 Å². The van der Waals surface area contributed by atoms with Crippen molar-refractivity contribution < 1.29 is 15.9 Å². The normalized spacial score (nSPS) is 36.8. The molecule has 1 aliphatic carbocycles. The van der Waals surface area contributed by atoms with Crippen molar-refractivity contribution in [3.8, 4) is 0 Å². The van der Waals surface area contributed by atoms with E-state index in [1.165, 1.54) is 0 Å². The lowest BCUT2D eigenvalue weighted by atomic mass is 9.76. The molecule has 2 atom stereocenters. The van der Waals surface area contributed by atoms with Gasteiger partial charge >= 0.3 is 0 Å². The summed E-state index contributed by atoms with van der Waals surface area (Å²) in [5.41, 5.74) is 3.88. The topological polar surface area (TPSA) is 68.1 Å². The third kappa shape index (κ3) is 2.44. The third-order valence-corrected chi connectivity index (χ3v) is 2.92. The van der Waals surface area contributed by atoms with Crippen LogP contribution in [0.2, 0.25) is 0 Å². The fraction of sp³-hybridized carbons (Fsp3) is 1.00. The molecule has 1 saturated carbocycles. The molecule has 0 heterocycles. The van der Waals surface area contributed by atoms with Gasteiger partial charge in [0.25, 0.3) is 0 Å². The van der Waals surface area contributed by atoms with E-state index in [4.69, 9.17) is 10.2 Å². The van der Waals surface area contributed by atoms with Gasteiger partial charge in [0.15, 0.2) is 0 Å². The highest BCUT2D eigenvalue weighted by molar-refractivity contribution is 4.77. The summed E-state index contributed by atoms with van der Waals surface area (Å²) >= 11 is 0. The van der Waals surface area contributed by atoms with E-state index in [9.17, 15) is 0 Å². The SMILES string of the molecule is [NH3+]CC1C[C@H](CO)C[C@@H](CO)C1. The molecule has 12 heavy (non-hydrogen) atoms. The lowest BCUT2D eigenvalue weighted by Gasteiger charge is -2.31. The van der Waals surface area contributed by atoms with E-state index in [1.807, 2.05) is 0 Å². The Labute approximate surface area is 73.6 Å². The van der Waals surface area contributed by atoms with Gasteiger partial charge in [0.1, 0.15) is 0 Å². The molecule has 0 saturated heterocycles. The number of quaternary nitrogens is 1. The molecule has 0 spiro atoms. The van der Waals surface area contributed by atoms with Gasteiger partial charge in [-0.05, 0) is 31.1 Å². The van der Waals surface area contributed by atoms with Crippen LogP contribution in [0.25, 0.3) is 0 Å². The van der Waals surface area contributed by atoms with Gasteiger partial charge in [-0.2, -0.15) is 0 Å². The average molecular weight is 174 g/mol. The van der Waals surface area contributed by atoms with E-state index in [1.54, 1.807) is 0 Å². The average Bonchev–Trinajstić information content (AvgIpc) is 2.16. The van der Waals surface area contributed by atoms with Crippen LogP contribution in [-0.2, 0) is 0 Å². The number of hydrogen-bond acceptors (Lipinski definition) is 2. The van der Waals surface area contributed by atoms with Crippen molar-refractivity contribution in [2.24, 2.45) is 17.8 Å². The Kier molecular flexibility index (Phi) is 3.98. The van der Waals surface area contributed by atoms with E-state index < -0.39 is 0 Å². The molecule has 0 aromatic rings. The van der Waals surface area contributed by atoms with Crippen LogP contribution in [0.3, 0.4) is 0 Å². The van der Waals surface area contributed by atoms with Gasteiger partial charge in [-0.25, -0.2) is 0 Å². The van der Waals surface area contributed by atoms with Crippen LogP contribution in [0.5, 0.6) is 0 Å². The Balaban J connectivity index is 2.41. The van der Waals surface area contributed by atoms with E-state index >= 15 is 0 Å². The highest BCUT2D eigenvalue weighted by atomic mass is 16.3. The van der Waals surface area contributed by atoms with Crippen molar-refractivity contribution in [2.75, 3.05) is 19.8 Å². The zero-order chi connectivity index (χ0) is 8.97. The summed E-state index contributed by atoms with van der Waals surface area (Å²) in [7, 11) is 0. The minimum Gasteiger partial charge on any atom is -0.396 e. The van der Waals surface area contributed by atoms with Crippen molar-refractivity contribution in [1.82, 2.24) is 0 Å². The lowest BCUT2D eigenvalue weighted by molar-refractivity contribution is -0.381. The highest BCUT2D eigenvalue weighted by Crippen LogP contribution is 2.31. The molecule has 0 aromatic carbocycles. The predicted molar refractivity (Wildman–Crippen MR) is 46.2 cm³/mol. The first-order valence-corrected chi connectivity index (χ1v) is 4.81. The molecule has 0 aromatic heterocycles. The van der Waals surface area contributed by atoms with Gasteiger partial charge in [-0.1, -0.05) is 0 Å². The minimum absolute atomic E-state index is 0.271. The van der Waals surface area contributed by atoms with Crippen LogP contribution in [0, 0.1) is 17.8 Å². The first kappa shape index (κ1) is 9.96. The Morgan fingerprint density at radius 2 is 1.33 bits per heavy atom. The molecular formula is C9H20NO2+. The third-order valence-electron chi connectivity index (χ3n) is 2.92. The first-order chi connectivity index (χ1) is 5.80. The molecule has 3 heteroatoms.